The highest BCUT2D eigenvalue weighted by Gasteiger charge is 2.18. The fourth-order valence-corrected chi connectivity index (χ4v) is 5.22. The van der Waals surface area contributed by atoms with Gasteiger partial charge in [-0.1, -0.05) is 65.7 Å². The topological polar surface area (TPSA) is 82.5 Å². The van der Waals surface area contributed by atoms with E-state index < -0.39 is 5.97 Å². The Labute approximate surface area is 235 Å². The first kappa shape index (κ1) is 27.6. The summed E-state index contributed by atoms with van der Waals surface area (Å²) in [7, 11) is 0. The van der Waals surface area contributed by atoms with Crippen molar-refractivity contribution in [2.75, 3.05) is 11.4 Å². The van der Waals surface area contributed by atoms with Crippen molar-refractivity contribution in [1.29, 1.82) is 0 Å². The molecular weight excluding hydrogens is 541 g/mol. The number of carbonyl (C=O) groups excluding carboxylic acids is 1. The zero-order chi connectivity index (χ0) is 27.2. The molecule has 0 radical (unpaired) electrons. The van der Waals surface area contributed by atoms with E-state index in [1.165, 1.54) is 0 Å². The molecule has 196 valence electrons. The minimum Gasteiger partial charge on any atom is -0.481 e. The molecule has 38 heavy (non-hydrogen) atoms. The number of thiazole rings is 1. The van der Waals surface area contributed by atoms with Crippen LogP contribution in [0.1, 0.15) is 38.3 Å². The average molecular weight is 569 g/mol. The summed E-state index contributed by atoms with van der Waals surface area (Å²) in [6.45, 7) is 5.21. The molecule has 1 aromatic heterocycles. The number of nitrogens with zero attached hydrogens (tertiary/aromatic N) is 2. The third-order valence-corrected chi connectivity index (χ3v) is 7.84. The maximum atomic E-state index is 12.3. The molecule has 2 N–H and O–H groups in total. The highest BCUT2D eigenvalue weighted by molar-refractivity contribution is 7.16. The molecule has 1 amide bonds. The molecule has 4 aromatic rings. The zero-order valence-electron chi connectivity index (χ0n) is 21.0. The minimum absolute atomic E-state index is 0.0828. The minimum atomic E-state index is -0.953. The van der Waals surface area contributed by atoms with Gasteiger partial charge in [0.15, 0.2) is 5.13 Å². The van der Waals surface area contributed by atoms with Gasteiger partial charge < -0.3 is 15.3 Å². The second-order valence-electron chi connectivity index (χ2n) is 8.91. The fourth-order valence-electron chi connectivity index (χ4n) is 3.92. The number of carbonyl (C=O) groups is 2. The van der Waals surface area contributed by atoms with Crippen molar-refractivity contribution in [1.82, 2.24) is 10.3 Å². The number of aromatic nitrogens is 1. The Kier molecular flexibility index (Phi) is 9.05. The number of halogens is 2. The lowest BCUT2D eigenvalue weighted by molar-refractivity contribution is -0.136. The van der Waals surface area contributed by atoms with Gasteiger partial charge in [-0.05, 0) is 54.8 Å². The lowest BCUT2D eigenvalue weighted by atomic mass is 10.1. The fraction of sp³-hybridized carbons (Fsp3) is 0.207. The molecule has 0 aliphatic heterocycles. The molecule has 0 saturated carbocycles. The highest BCUT2D eigenvalue weighted by atomic mass is 35.5. The summed E-state index contributed by atoms with van der Waals surface area (Å²) in [4.78, 5) is 31.3. The first-order chi connectivity index (χ1) is 18.2. The van der Waals surface area contributed by atoms with Crippen molar-refractivity contribution < 1.29 is 14.7 Å². The predicted octanol–water partition coefficient (Wildman–Crippen LogP) is 7.15. The van der Waals surface area contributed by atoms with Gasteiger partial charge in [0.25, 0.3) is 5.91 Å². The van der Waals surface area contributed by atoms with E-state index in [9.17, 15) is 9.59 Å². The van der Waals surface area contributed by atoms with Crippen LogP contribution in [0.4, 0.5) is 5.13 Å². The Morgan fingerprint density at radius 3 is 2.39 bits per heavy atom. The summed E-state index contributed by atoms with van der Waals surface area (Å²) in [5.74, 6) is -1.26. The smallest absolute Gasteiger partial charge is 0.305 e. The van der Waals surface area contributed by atoms with E-state index in [4.69, 9.17) is 33.3 Å². The Balaban J connectivity index is 1.59. The zero-order valence-corrected chi connectivity index (χ0v) is 23.3. The van der Waals surface area contributed by atoms with Gasteiger partial charge in [-0.3, -0.25) is 9.59 Å². The number of anilines is 1. The summed E-state index contributed by atoms with van der Waals surface area (Å²) < 4.78 is 0. The molecular formula is C29H27Cl2N3O3S. The van der Waals surface area contributed by atoms with E-state index in [1.54, 1.807) is 23.5 Å². The van der Waals surface area contributed by atoms with Crippen molar-refractivity contribution in [3.8, 4) is 11.3 Å². The SMILES string of the molecule is Cc1ccc(-c2nc(N(Cc3ccc(C(=O)NCCC(=O)O)cc3)Cc3ccccc3Cl)sc2C)cc1Cl. The van der Waals surface area contributed by atoms with E-state index in [-0.39, 0.29) is 18.9 Å². The predicted molar refractivity (Wildman–Crippen MR) is 154 cm³/mol. The lowest BCUT2D eigenvalue weighted by Gasteiger charge is -2.23. The molecule has 9 heteroatoms. The molecule has 0 atom stereocenters. The van der Waals surface area contributed by atoms with Gasteiger partial charge in [-0.15, -0.1) is 11.3 Å². The van der Waals surface area contributed by atoms with Crippen LogP contribution in [0.25, 0.3) is 11.3 Å². The molecule has 4 rings (SSSR count). The monoisotopic (exact) mass is 567 g/mol. The van der Waals surface area contributed by atoms with E-state index in [1.807, 2.05) is 61.5 Å². The average Bonchev–Trinajstić information content (AvgIpc) is 3.28. The number of benzene rings is 3. The first-order valence-corrected chi connectivity index (χ1v) is 13.6. The van der Waals surface area contributed by atoms with Crippen LogP contribution in [0.15, 0.2) is 66.7 Å². The number of nitrogens with one attached hydrogen (secondary N) is 1. The number of rotatable bonds is 10. The highest BCUT2D eigenvalue weighted by Crippen LogP contribution is 2.35. The second-order valence-corrected chi connectivity index (χ2v) is 10.9. The van der Waals surface area contributed by atoms with Gasteiger partial charge in [0.1, 0.15) is 0 Å². The largest absolute Gasteiger partial charge is 0.481 e. The van der Waals surface area contributed by atoms with Crippen LogP contribution in [-0.4, -0.2) is 28.5 Å². The lowest BCUT2D eigenvalue weighted by Crippen LogP contribution is -2.26. The first-order valence-electron chi connectivity index (χ1n) is 12.0. The van der Waals surface area contributed by atoms with Crippen LogP contribution in [0.5, 0.6) is 0 Å². The van der Waals surface area contributed by atoms with Gasteiger partial charge in [0.05, 0.1) is 12.1 Å². The molecule has 0 saturated heterocycles. The van der Waals surface area contributed by atoms with E-state index in [2.05, 4.69) is 17.1 Å². The molecule has 6 nitrogen and oxygen atoms in total. The summed E-state index contributed by atoms with van der Waals surface area (Å²) in [6, 6.07) is 21.0. The normalized spacial score (nSPS) is 10.8. The molecule has 0 aliphatic carbocycles. The molecule has 0 unspecified atom stereocenters. The van der Waals surface area contributed by atoms with Crippen LogP contribution < -0.4 is 10.2 Å². The Morgan fingerprint density at radius 2 is 1.71 bits per heavy atom. The van der Waals surface area contributed by atoms with Crippen molar-refractivity contribution >= 4 is 51.5 Å². The summed E-state index contributed by atoms with van der Waals surface area (Å²) in [6.07, 6.45) is -0.120. The van der Waals surface area contributed by atoms with Crippen molar-refractivity contribution in [2.24, 2.45) is 0 Å². The third-order valence-electron chi connectivity index (χ3n) is 6.03. The van der Waals surface area contributed by atoms with Crippen LogP contribution in [0.3, 0.4) is 0 Å². The summed E-state index contributed by atoms with van der Waals surface area (Å²) in [5.41, 5.74) is 5.33. The van der Waals surface area contributed by atoms with Gasteiger partial charge >= 0.3 is 5.97 Å². The summed E-state index contributed by atoms with van der Waals surface area (Å²) >= 11 is 14.5. The van der Waals surface area contributed by atoms with Crippen LogP contribution >= 0.6 is 34.5 Å². The molecule has 3 aromatic carbocycles. The van der Waals surface area contributed by atoms with Crippen molar-refractivity contribution in [2.45, 2.75) is 33.4 Å². The molecule has 0 aliphatic rings. The number of aliphatic carboxylic acids is 1. The van der Waals surface area contributed by atoms with E-state index in [0.29, 0.717) is 28.7 Å². The standard InChI is InChI=1S/C29H27Cl2N3O3S/c1-18-7-10-22(15-25(18)31)27-19(2)38-29(33-27)34(17-23-5-3-4-6-24(23)30)16-20-8-11-21(12-9-20)28(37)32-14-13-26(35)36/h3-12,15H,13-14,16-17H2,1-2H3,(H,32,37)(H,35,36). The maximum Gasteiger partial charge on any atom is 0.305 e. The third kappa shape index (κ3) is 6.92. The molecule has 0 fully saturated rings. The van der Waals surface area contributed by atoms with Crippen molar-refractivity contribution in [3.63, 3.8) is 0 Å². The van der Waals surface area contributed by atoms with Gasteiger partial charge in [-0.2, -0.15) is 0 Å². The quantitative estimate of drug-likeness (QED) is 0.212. The van der Waals surface area contributed by atoms with E-state index >= 15 is 0 Å². The second kappa shape index (κ2) is 12.4. The number of amides is 1. The number of carboxylic acid groups (broad SMARTS) is 1. The van der Waals surface area contributed by atoms with Gasteiger partial charge in [0.2, 0.25) is 0 Å². The molecule has 0 spiro atoms. The Hall–Kier alpha value is -3.39. The Morgan fingerprint density at radius 1 is 0.974 bits per heavy atom. The summed E-state index contributed by atoms with van der Waals surface area (Å²) in [5, 5.41) is 13.6. The van der Waals surface area contributed by atoms with Crippen LogP contribution in [0.2, 0.25) is 10.0 Å². The molecule has 1 heterocycles. The number of aryl methyl sites for hydroxylation is 2. The van der Waals surface area contributed by atoms with E-state index in [0.717, 1.165) is 38.0 Å². The van der Waals surface area contributed by atoms with Crippen LogP contribution in [-0.2, 0) is 17.9 Å². The van der Waals surface area contributed by atoms with Gasteiger partial charge in [-0.25, -0.2) is 4.98 Å². The number of carboxylic acids is 1. The molecule has 0 bridgehead atoms. The number of hydrogen-bond donors (Lipinski definition) is 2. The van der Waals surface area contributed by atoms with Crippen molar-refractivity contribution in [3.05, 3.63) is 104 Å². The van der Waals surface area contributed by atoms with Crippen LogP contribution in [0, 0.1) is 13.8 Å². The van der Waals surface area contributed by atoms with Gasteiger partial charge in [0, 0.05) is 45.7 Å². The maximum absolute atomic E-state index is 12.3. The number of hydrogen-bond acceptors (Lipinski definition) is 5. The Bertz CT molecular complexity index is 1450.